The number of rotatable bonds is 6. The minimum Gasteiger partial charge on any atom is -0.481 e. The molecule has 2 aromatic rings. The second-order valence-electron chi connectivity index (χ2n) is 9.22. The molecular formula is C26H30N2O5. The Kier molecular flexibility index (Phi) is 6.40. The third-order valence-corrected chi connectivity index (χ3v) is 7.08. The van der Waals surface area contributed by atoms with Gasteiger partial charge in [0.1, 0.15) is 12.6 Å². The van der Waals surface area contributed by atoms with Crippen LogP contribution in [0, 0.1) is 5.41 Å². The summed E-state index contributed by atoms with van der Waals surface area (Å²) in [5, 5.41) is 15.0. The molecule has 2 unspecified atom stereocenters. The Hall–Kier alpha value is -3.35. The number of nitrogens with one attached hydrogen (secondary N) is 2. The monoisotopic (exact) mass is 450 g/mol. The first kappa shape index (κ1) is 22.8. The first-order valence-corrected chi connectivity index (χ1v) is 11.5. The molecule has 0 saturated heterocycles. The van der Waals surface area contributed by atoms with Gasteiger partial charge in [-0.05, 0) is 48.9 Å². The van der Waals surface area contributed by atoms with E-state index in [4.69, 9.17) is 4.74 Å². The maximum atomic E-state index is 12.7. The molecule has 7 nitrogen and oxygen atoms in total. The van der Waals surface area contributed by atoms with E-state index >= 15 is 0 Å². The van der Waals surface area contributed by atoms with Gasteiger partial charge in [0, 0.05) is 12.0 Å². The highest BCUT2D eigenvalue weighted by Gasteiger charge is 2.44. The highest BCUT2D eigenvalue weighted by atomic mass is 16.5. The molecule has 2 aromatic carbocycles. The molecule has 0 aromatic heterocycles. The van der Waals surface area contributed by atoms with Crippen LogP contribution in [0.1, 0.15) is 56.6 Å². The topological polar surface area (TPSA) is 105 Å². The molecule has 0 radical (unpaired) electrons. The molecule has 2 aliphatic rings. The molecule has 0 aliphatic heterocycles. The summed E-state index contributed by atoms with van der Waals surface area (Å²) in [6.45, 7) is 3.40. The van der Waals surface area contributed by atoms with Crippen molar-refractivity contribution in [3.63, 3.8) is 0 Å². The third kappa shape index (κ3) is 4.45. The van der Waals surface area contributed by atoms with Crippen LogP contribution in [0.15, 0.2) is 48.5 Å². The van der Waals surface area contributed by atoms with Gasteiger partial charge in [0.15, 0.2) is 0 Å². The molecule has 3 atom stereocenters. The number of hydrogen-bond acceptors (Lipinski definition) is 4. The summed E-state index contributed by atoms with van der Waals surface area (Å²) < 4.78 is 5.51. The van der Waals surface area contributed by atoms with Crippen molar-refractivity contribution in [2.45, 2.75) is 57.5 Å². The average molecular weight is 451 g/mol. The number of carboxylic acid groups (broad SMARTS) is 1. The van der Waals surface area contributed by atoms with Crippen LogP contribution in [0.2, 0.25) is 0 Å². The highest BCUT2D eigenvalue weighted by Crippen LogP contribution is 2.44. The van der Waals surface area contributed by atoms with E-state index in [-0.39, 0.29) is 12.5 Å². The lowest BCUT2D eigenvalue weighted by atomic mass is 9.71. The fourth-order valence-corrected chi connectivity index (χ4v) is 5.00. The van der Waals surface area contributed by atoms with Crippen molar-refractivity contribution in [1.29, 1.82) is 0 Å². The fourth-order valence-electron chi connectivity index (χ4n) is 5.00. The van der Waals surface area contributed by atoms with Crippen molar-refractivity contribution in [1.82, 2.24) is 10.6 Å². The minimum atomic E-state index is -1.00. The van der Waals surface area contributed by atoms with Crippen molar-refractivity contribution in [3.05, 3.63) is 59.7 Å². The quantitative estimate of drug-likeness (QED) is 0.616. The van der Waals surface area contributed by atoms with Crippen molar-refractivity contribution >= 4 is 18.0 Å². The fraction of sp³-hybridized carbons (Fsp3) is 0.423. The molecule has 1 fully saturated rings. The number of aliphatic carboxylic acids is 1. The lowest BCUT2D eigenvalue weighted by Gasteiger charge is -2.38. The summed E-state index contributed by atoms with van der Waals surface area (Å²) in [6.07, 6.45) is 2.13. The molecule has 1 saturated carbocycles. The first-order chi connectivity index (χ1) is 15.8. The molecule has 0 heterocycles. The van der Waals surface area contributed by atoms with E-state index in [1.165, 1.54) is 0 Å². The standard InChI is InChI=1S/C26H30N2O5/c1-16(23(29)28-22-13-7-8-14-26(22,2)24(30)31)27-25(32)33-15-21-19-11-5-3-9-17(19)18-10-4-6-12-20(18)21/h3-6,9-12,16,21-22H,7-8,13-15H2,1-2H3,(H,27,32)(H,28,29)(H,30,31)/t16-,22?,26?/m0/s1. The van der Waals surface area contributed by atoms with Crippen LogP contribution in [0.4, 0.5) is 4.79 Å². The van der Waals surface area contributed by atoms with Gasteiger partial charge in [-0.1, -0.05) is 61.4 Å². The zero-order chi connectivity index (χ0) is 23.6. The van der Waals surface area contributed by atoms with E-state index in [0.29, 0.717) is 12.8 Å². The van der Waals surface area contributed by atoms with Crippen LogP contribution in [-0.4, -0.2) is 41.8 Å². The summed E-state index contributed by atoms with van der Waals surface area (Å²) in [6, 6.07) is 14.8. The van der Waals surface area contributed by atoms with Crippen molar-refractivity contribution < 1.29 is 24.2 Å². The van der Waals surface area contributed by atoms with E-state index in [0.717, 1.165) is 35.1 Å². The van der Waals surface area contributed by atoms with Gasteiger partial charge in [-0.2, -0.15) is 0 Å². The van der Waals surface area contributed by atoms with Crippen LogP contribution in [0.5, 0.6) is 0 Å². The number of carbonyl (C=O) groups is 3. The predicted molar refractivity (Wildman–Crippen MR) is 124 cm³/mol. The van der Waals surface area contributed by atoms with E-state index in [2.05, 4.69) is 22.8 Å². The Morgan fingerprint density at radius 3 is 2.27 bits per heavy atom. The maximum absolute atomic E-state index is 12.7. The van der Waals surface area contributed by atoms with Crippen LogP contribution < -0.4 is 10.6 Å². The van der Waals surface area contributed by atoms with Gasteiger partial charge in [0.2, 0.25) is 5.91 Å². The Bertz CT molecular complexity index is 1020. The lowest BCUT2D eigenvalue weighted by molar-refractivity contribution is -0.152. The van der Waals surface area contributed by atoms with Crippen LogP contribution in [0.3, 0.4) is 0 Å². The zero-order valence-corrected chi connectivity index (χ0v) is 19.0. The van der Waals surface area contributed by atoms with Gasteiger partial charge >= 0.3 is 12.1 Å². The largest absolute Gasteiger partial charge is 0.481 e. The van der Waals surface area contributed by atoms with Gasteiger partial charge in [-0.15, -0.1) is 0 Å². The second kappa shape index (κ2) is 9.25. The first-order valence-electron chi connectivity index (χ1n) is 11.5. The zero-order valence-electron chi connectivity index (χ0n) is 19.0. The number of benzene rings is 2. The van der Waals surface area contributed by atoms with Gasteiger partial charge < -0.3 is 20.5 Å². The number of hydrogen-bond donors (Lipinski definition) is 3. The number of alkyl carbamates (subject to hydrolysis) is 1. The molecule has 7 heteroatoms. The van der Waals surface area contributed by atoms with E-state index in [9.17, 15) is 19.5 Å². The number of carbonyl (C=O) groups excluding carboxylic acids is 2. The third-order valence-electron chi connectivity index (χ3n) is 7.08. The Morgan fingerprint density at radius 2 is 1.67 bits per heavy atom. The van der Waals surface area contributed by atoms with Crippen molar-refractivity contribution in [2.24, 2.45) is 5.41 Å². The second-order valence-corrected chi connectivity index (χ2v) is 9.22. The molecule has 33 heavy (non-hydrogen) atoms. The van der Waals surface area contributed by atoms with Crippen molar-refractivity contribution in [2.75, 3.05) is 6.61 Å². The predicted octanol–water partition coefficient (Wildman–Crippen LogP) is 4.06. The van der Waals surface area contributed by atoms with E-state index in [1.807, 2.05) is 36.4 Å². The SMILES string of the molecule is C[C@H](NC(=O)OCC1c2ccccc2-c2ccccc21)C(=O)NC1CCCCC1(C)C(=O)O. The smallest absolute Gasteiger partial charge is 0.407 e. The Labute approximate surface area is 193 Å². The molecule has 2 amide bonds. The van der Waals surface area contributed by atoms with Crippen molar-refractivity contribution in [3.8, 4) is 11.1 Å². The van der Waals surface area contributed by atoms with Gasteiger partial charge in [-0.25, -0.2) is 4.79 Å². The van der Waals surface area contributed by atoms with Crippen LogP contribution in [-0.2, 0) is 14.3 Å². The van der Waals surface area contributed by atoms with Gasteiger partial charge in [0.05, 0.1) is 5.41 Å². The normalized spacial score (nSPS) is 22.5. The average Bonchev–Trinajstić information content (AvgIpc) is 3.13. The summed E-state index contributed by atoms with van der Waals surface area (Å²) in [4.78, 5) is 36.9. The van der Waals surface area contributed by atoms with E-state index in [1.54, 1.807) is 13.8 Å². The minimum absolute atomic E-state index is 0.0641. The maximum Gasteiger partial charge on any atom is 0.407 e. The molecule has 174 valence electrons. The number of carboxylic acids is 1. The van der Waals surface area contributed by atoms with Gasteiger partial charge in [0.25, 0.3) is 0 Å². The molecular weight excluding hydrogens is 420 g/mol. The Morgan fingerprint density at radius 1 is 1.06 bits per heavy atom. The van der Waals surface area contributed by atoms with E-state index < -0.39 is 35.5 Å². The highest BCUT2D eigenvalue weighted by molar-refractivity contribution is 5.86. The molecule has 0 bridgehead atoms. The lowest BCUT2D eigenvalue weighted by Crippen LogP contribution is -2.56. The summed E-state index contributed by atoms with van der Waals surface area (Å²) in [5.41, 5.74) is 3.51. The van der Waals surface area contributed by atoms with Crippen LogP contribution >= 0.6 is 0 Å². The summed E-state index contributed by atoms with van der Waals surface area (Å²) in [7, 11) is 0. The number of ether oxygens (including phenoxy) is 1. The molecule has 2 aliphatic carbocycles. The molecule has 4 rings (SSSR count). The number of amides is 2. The molecule has 0 spiro atoms. The number of fused-ring (bicyclic) bond motifs is 3. The van der Waals surface area contributed by atoms with Gasteiger partial charge in [-0.3, -0.25) is 9.59 Å². The molecule has 3 N–H and O–H groups in total. The summed E-state index contributed by atoms with van der Waals surface area (Å²) in [5.74, 6) is -1.39. The Balaban J connectivity index is 1.35. The summed E-state index contributed by atoms with van der Waals surface area (Å²) >= 11 is 0. The van der Waals surface area contributed by atoms with Crippen LogP contribution in [0.25, 0.3) is 11.1 Å².